The number of carbonyl (C=O) groups is 3. The standard InChI is InChI=1S/C32H37ClN6O6S/c1-18-19(2)46-30-27(18)28(21-4-6-22(33)7-5-21)35-24(29-38-37-20(3)39(29)30)16-26(41)34-12-13-43-14-15-44-17-23-8-10-32(45-23)11-9-25(40)36-31(32)42/h4-7,23-24H,8-17H2,1-3H3,(H,34,41)(H,36,40,42)/t23-,24+,32-/m1/s1. The molecule has 1 spiro atoms. The van der Waals surface area contributed by atoms with Crippen LogP contribution in [0.15, 0.2) is 29.3 Å². The van der Waals surface area contributed by atoms with Crippen LogP contribution in [-0.2, 0) is 28.6 Å². The first kappa shape index (κ1) is 32.5. The number of nitrogens with one attached hydrogen (secondary N) is 2. The molecule has 1 aromatic carbocycles. The third kappa shape index (κ3) is 6.65. The number of piperidine rings is 1. The van der Waals surface area contributed by atoms with E-state index in [1.54, 1.807) is 11.3 Å². The van der Waals surface area contributed by atoms with Gasteiger partial charge in [-0.3, -0.25) is 29.3 Å². The van der Waals surface area contributed by atoms with Gasteiger partial charge < -0.3 is 19.5 Å². The van der Waals surface area contributed by atoms with E-state index in [1.807, 2.05) is 35.8 Å². The number of rotatable bonds is 11. The molecule has 6 rings (SSSR count). The smallest absolute Gasteiger partial charge is 0.258 e. The third-order valence-corrected chi connectivity index (χ3v) is 10.1. The summed E-state index contributed by atoms with van der Waals surface area (Å²) >= 11 is 7.86. The number of aryl methyl sites for hydroxylation is 2. The number of amides is 3. The second kappa shape index (κ2) is 13.7. The van der Waals surface area contributed by atoms with Gasteiger partial charge >= 0.3 is 0 Å². The maximum atomic E-state index is 13.1. The van der Waals surface area contributed by atoms with Crippen molar-refractivity contribution >= 4 is 46.4 Å². The lowest BCUT2D eigenvalue weighted by molar-refractivity contribution is -0.157. The second-order valence-corrected chi connectivity index (χ2v) is 13.4. The minimum Gasteiger partial charge on any atom is -0.377 e. The number of hydrogen-bond acceptors (Lipinski definition) is 10. The molecule has 3 aromatic rings. The van der Waals surface area contributed by atoms with E-state index in [9.17, 15) is 14.4 Å². The number of halogens is 1. The molecule has 12 nitrogen and oxygen atoms in total. The quantitative estimate of drug-likeness (QED) is 0.232. The van der Waals surface area contributed by atoms with Gasteiger partial charge in [0.1, 0.15) is 22.5 Å². The first-order chi connectivity index (χ1) is 22.1. The summed E-state index contributed by atoms with van der Waals surface area (Å²) in [5.74, 6) is 0.594. The molecule has 2 saturated heterocycles. The Balaban J connectivity index is 0.998. The van der Waals surface area contributed by atoms with E-state index in [0.29, 0.717) is 69.5 Å². The summed E-state index contributed by atoms with van der Waals surface area (Å²) in [4.78, 5) is 43.1. The highest BCUT2D eigenvalue weighted by Gasteiger charge is 2.49. The Morgan fingerprint density at radius 1 is 1.13 bits per heavy atom. The van der Waals surface area contributed by atoms with E-state index >= 15 is 0 Å². The number of nitrogens with zero attached hydrogens (tertiary/aromatic N) is 4. The lowest BCUT2D eigenvalue weighted by Crippen LogP contribution is -2.53. The molecule has 3 atom stereocenters. The minimum atomic E-state index is -0.908. The Morgan fingerprint density at radius 3 is 2.70 bits per heavy atom. The molecule has 2 aromatic heterocycles. The van der Waals surface area contributed by atoms with Gasteiger partial charge in [0.05, 0.1) is 44.7 Å². The van der Waals surface area contributed by atoms with Gasteiger partial charge in [0.15, 0.2) is 5.82 Å². The van der Waals surface area contributed by atoms with E-state index < -0.39 is 11.6 Å². The molecule has 0 radical (unpaired) electrons. The number of imide groups is 1. The van der Waals surface area contributed by atoms with Gasteiger partial charge in [-0.05, 0) is 57.7 Å². The Kier molecular flexibility index (Phi) is 9.67. The van der Waals surface area contributed by atoms with Crippen LogP contribution in [0.25, 0.3) is 5.00 Å². The molecule has 14 heteroatoms. The first-order valence-electron chi connectivity index (χ1n) is 15.5. The van der Waals surface area contributed by atoms with Crippen LogP contribution in [0.3, 0.4) is 0 Å². The fourth-order valence-electron chi connectivity index (χ4n) is 6.11. The lowest BCUT2D eigenvalue weighted by atomic mass is 9.90. The van der Waals surface area contributed by atoms with Crippen LogP contribution in [-0.4, -0.2) is 82.9 Å². The van der Waals surface area contributed by atoms with E-state index in [0.717, 1.165) is 33.2 Å². The summed E-state index contributed by atoms with van der Waals surface area (Å²) in [5, 5.41) is 15.7. The fraction of sp³-hybridized carbons (Fsp3) is 0.500. The summed E-state index contributed by atoms with van der Waals surface area (Å²) in [6, 6.07) is 7.04. The van der Waals surface area contributed by atoms with Crippen LogP contribution in [0.5, 0.6) is 0 Å². The van der Waals surface area contributed by atoms with Crippen molar-refractivity contribution in [2.45, 2.75) is 70.6 Å². The number of thiophene rings is 1. The van der Waals surface area contributed by atoms with Gasteiger partial charge in [0, 0.05) is 34.0 Å². The largest absolute Gasteiger partial charge is 0.377 e. The van der Waals surface area contributed by atoms with E-state index in [1.165, 1.54) is 4.88 Å². The molecule has 0 unspecified atom stereocenters. The van der Waals surface area contributed by atoms with Gasteiger partial charge in [0.2, 0.25) is 11.8 Å². The van der Waals surface area contributed by atoms with Crippen molar-refractivity contribution in [1.29, 1.82) is 0 Å². The third-order valence-electron chi connectivity index (χ3n) is 8.67. The number of benzene rings is 1. The van der Waals surface area contributed by atoms with Crippen molar-refractivity contribution in [1.82, 2.24) is 25.4 Å². The topological polar surface area (TPSA) is 146 Å². The van der Waals surface area contributed by atoms with Crippen LogP contribution >= 0.6 is 22.9 Å². The molecule has 5 heterocycles. The maximum absolute atomic E-state index is 13.1. The number of carbonyl (C=O) groups excluding carboxylic acids is 3. The van der Waals surface area contributed by atoms with E-state index in [4.69, 9.17) is 30.8 Å². The second-order valence-electron chi connectivity index (χ2n) is 11.8. The summed E-state index contributed by atoms with van der Waals surface area (Å²) < 4.78 is 19.3. The SMILES string of the molecule is Cc1sc2c(c1C)C(c1ccc(Cl)cc1)=N[C@@H](CC(=O)NCCOCCOC[C@H]1CC[C@]3(CCC(=O)NC3=O)O1)c1nnc(C)n1-2. The molecule has 2 fully saturated rings. The minimum absolute atomic E-state index is 0.0976. The summed E-state index contributed by atoms with van der Waals surface area (Å²) in [6.07, 6.45) is 1.88. The van der Waals surface area contributed by atoms with Crippen molar-refractivity contribution in [3.05, 3.63) is 62.5 Å². The maximum Gasteiger partial charge on any atom is 0.258 e. The van der Waals surface area contributed by atoms with Crippen molar-refractivity contribution in [2.24, 2.45) is 4.99 Å². The van der Waals surface area contributed by atoms with Gasteiger partial charge in [-0.15, -0.1) is 21.5 Å². The van der Waals surface area contributed by atoms with Gasteiger partial charge in [-0.25, -0.2) is 0 Å². The van der Waals surface area contributed by atoms with Crippen molar-refractivity contribution in [3.8, 4) is 5.00 Å². The van der Waals surface area contributed by atoms with Crippen LogP contribution in [0, 0.1) is 20.8 Å². The number of hydrogen-bond donors (Lipinski definition) is 2. The number of aliphatic imine (C=N–C) groups is 1. The summed E-state index contributed by atoms with van der Waals surface area (Å²) in [5.41, 5.74) is 2.96. The highest BCUT2D eigenvalue weighted by Crippen LogP contribution is 2.40. The molecule has 3 amide bonds. The van der Waals surface area contributed by atoms with Crippen LogP contribution < -0.4 is 10.6 Å². The predicted octanol–water partition coefficient (Wildman–Crippen LogP) is 3.69. The Bertz CT molecular complexity index is 1670. The average Bonchev–Trinajstić information content (AvgIpc) is 3.68. The molecular formula is C32H37ClN6O6S. The molecule has 2 N–H and O–H groups in total. The Labute approximate surface area is 275 Å². The zero-order valence-corrected chi connectivity index (χ0v) is 27.6. The molecule has 46 heavy (non-hydrogen) atoms. The first-order valence-corrected chi connectivity index (χ1v) is 16.7. The number of ether oxygens (including phenoxy) is 3. The van der Waals surface area contributed by atoms with E-state index in [-0.39, 0.29) is 30.2 Å². The number of aromatic nitrogens is 3. The normalized spacial score (nSPS) is 22.3. The Hall–Kier alpha value is -3.49. The van der Waals surface area contributed by atoms with Gasteiger partial charge in [-0.2, -0.15) is 0 Å². The number of fused-ring (bicyclic) bond motifs is 3. The molecule has 0 saturated carbocycles. The highest BCUT2D eigenvalue weighted by molar-refractivity contribution is 7.15. The van der Waals surface area contributed by atoms with Crippen LogP contribution in [0.1, 0.15) is 71.4 Å². The molecule has 0 aliphatic carbocycles. The predicted molar refractivity (Wildman–Crippen MR) is 172 cm³/mol. The van der Waals surface area contributed by atoms with Crippen LogP contribution in [0.2, 0.25) is 5.02 Å². The molecule has 0 bridgehead atoms. The van der Waals surface area contributed by atoms with Gasteiger partial charge in [0.25, 0.3) is 5.91 Å². The summed E-state index contributed by atoms with van der Waals surface area (Å²) in [7, 11) is 0. The van der Waals surface area contributed by atoms with Crippen molar-refractivity contribution in [2.75, 3.05) is 33.0 Å². The molecule has 244 valence electrons. The van der Waals surface area contributed by atoms with E-state index in [2.05, 4.69) is 34.7 Å². The molecular weight excluding hydrogens is 632 g/mol. The van der Waals surface area contributed by atoms with Crippen molar-refractivity contribution < 1.29 is 28.6 Å². The molecule has 3 aliphatic rings. The summed E-state index contributed by atoms with van der Waals surface area (Å²) in [6.45, 7) is 7.79. The highest BCUT2D eigenvalue weighted by atomic mass is 35.5. The zero-order chi connectivity index (χ0) is 32.4. The molecule has 3 aliphatic heterocycles. The van der Waals surface area contributed by atoms with Gasteiger partial charge in [-0.1, -0.05) is 23.7 Å². The fourth-order valence-corrected chi connectivity index (χ4v) is 7.45. The zero-order valence-electron chi connectivity index (χ0n) is 26.1. The monoisotopic (exact) mass is 668 g/mol. The average molecular weight is 669 g/mol. The lowest BCUT2D eigenvalue weighted by Gasteiger charge is -2.31. The van der Waals surface area contributed by atoms with Crippen LogP contribution in [0.4, 0.5) is 0 Å². The van der Waals surface area contributed by atoms with Crippen molar-refractivity contribution in [3.63, 3.8) is 0 Å². The Morgan fingerprint density at radius 2 is 1.91 bits per heavy atom.